The van der Waals surface area contributed by atoms with E-state index in [0.29, 0.717) is 18.0 Å². The van der Waals surface area contributed by atoms with Gasteiger partial charge in [0.15, 0.2) is 0 Å². The van der Waals surface area contributed by atoms with Gasteiger partial charge in [0.2, 0.25) is 10.0 Å². The zero-order valence-corrected chi connectivity index (χ0v) is 14.8. The maximum Gasteiger partial charge on any atom is 0.242 e. The maximum atomic E-state index is 12.3. The Morgan fingerprint density at radius 2 is 2.05 bits per heavy atom. The molecule has 5 nitrogen and oxygen atoms in total. The van der Waals surface area contributed by atoms with Crippen molar-refractivity contribution in [3.8, 4) is 0 Å². The number of rotatable bonds is 10. The molecule has 7 heteroatoms. The van der Waals surface area contributed by atoms with E-state index in [1.165, 1.54) is 0 Å². The van der Waals surface area contributed by atoms with Crippen LogP contribution in [0.4, 0.5) is 0 Å². The van der Waals surface area contributed by atoms with Crippen LogP contribution in [-0.4, -0.2) is 31.5 Å². The number of thioether (sulfide) groups is 1. The lowest BCUT2D eigenvalue weighted by atomic mass is 10.2. The number of hydrogen-bond acceptors (Lipinski definition) is 4. The van der Waals surface area contributed by atoms with Crippen molar-refractivity contribution in [3.05, 3.63) is 18.0 Å². The van der Waals surface area contributed by atoms with E-state index in [2.05, 4.69) is 11.0 Å². The van der Waals surface area contributed by atoms with Crippen LogP contribution in [0.3, 0.4) is 0 Å². The number of unbranched alkanes of at least 4 members (excludes halogenated alkanes) is 2. The Kier molecular flexibility index (Phi) is 7.79. The monoisotopic (exact) mass is 333 g/mol. The number of nitrogens with zero attached hydrogens (tertiary/aromatic N) is 1. The highest BCUT2D eigenvalue weighted by Crippen LogP contribution is 2.18. The summed E-state index contributed by atoms with van der Waals surface area (Å²) >= 11 is 1.82. The summed E-state index contributed by atoms with van der Waals surface area (Å²) in [5, 5.41) is 0. The molecular weight excluding hydrogens is 306 g/mol. The van der Waals surface area contributed by atoms with E-state index in [1.54, 1.807) is 12.3 Å². The Bertz CT molecular complexity index is 524. The van der Waals surface area contributed by atoms with Crippen LogP contribution in [0.1, 0.15) is 44.8 Å². The van der Waals surface area contributed by atoms with Gasteiger partial charge in [0.05, 0.1) is 4.90 Å². The van der Waals surface area contributed by atoms with E-state index in [-0.39, 0.29) is 6.04 Å². The Morgan fingerprint density at radius 1 is 1.33 bits per heavy atom. The van der Waals surface area contributed by atoms with Crippen molar-refractivity contribution in [1.82, 2.24) is 9.29 Å². The topological polar surface area (TPSA) is 77.1 Å². The fourth-order valence-corrected chi connectivity index (χ4v) is 3.74. The molecule has 0 amide bonds. The quantitative estimate of drug-likeness (QED) is 0.644. The van der Waals surface area contributed by atoms with Crippen molar-refractivity contribution in [2.24, 2.45) is 5.73 Å². The smallest absolute Gasteiger partial charge is 0.242 e. The van der Waals surface area contributed by atoms with Gasteiger partial charge in [0.1, 0.15) is 0 Å². The van der Waals surface area contributed by atoms with Gasteiger partial charge >= 0.3 is 0 Å². The van der Waals surface area contributed by atoms with Gasteiger partial charge in [0.25, 0.3) is 0 Å². The molecule has 0 atom stereocenters. The Morgan fingerprint density at radius 3 is 2.57 bits per heavy atom. The summed E-state index contributed by atoms with van der Waals surface area (Å²) in [6, 6.07) is 1.86. The summed E-state index contributed by atoms with van der Waals surface area (Å²) in [7, 11) is -3.43. The fraction of sp³-hybridized carbons (Fsp3) is 0.714. The third-order valence-corrected chi connectivity index (χ3v) is 5.42. The zero-order valence-electron chi connectivity index (χ0n) is 13.1. The van der Waals surface area contributed by atoms with Crippen LogP contribution in [0.2, 0.25) is 0 Å². The van der Waals surface area contributed by atoms with E-state index < -0.39 is 10.0 Å². The number of nitrogens with one attached hydrogen (secondary N) is 1. The van der Waals surface area contributed by atoms with Crippen molar-refractivity contribution in [2.45, 2.75) is 50.6 Å². The molecule has 1 aromatic rings. The van der Waals surface area contributed by atoms with Gasteiger partial charge in [-0.15, -0.1) is 0 Å². The summed E-state index contributed by atoms with van der Waals surface area (Å²) in [5.41, 5.74) is 6.51. The molecular formula is C14H27N3O2S2. The normalized spacial score (nSPS) is 12.2. The minimum atomic E-state index is -3.43. The second-order valence-corrected chi connectivity index (χ2v) is 8.08. The highest BCUT2D eigenvalue weighted by molar-refractivity contribution is 7.98. The lowest BCUT2D eigenvalue weighted by molar-refractivity contribution is 0.567. The number of aromatic nitrogens is 1. The molecule has 0 saturated heterocycles. The summed E-state index contributed by atoms with van der Waals surface area (Å²) < 4.78 is 29.1. The van der Waals surface area contributed by atoms with E-state index in [0.717, 1.165) is 30.7 Å². The standard InChI is InChI=1S/C14H27N3O2S2/c1-12(2)17-11-14(9-13(17)10-15)21(18,19)16-7-5-4-6-8-20-3/h9,11-12,16H,4-8,10,15H2,1-3H3. The molecule has 0 aliphatic carbocycles. The van der Waals surface area contributed by atoms with E-state index in [4.69, 9.17) is 5.73 Å². The molecule has 21 heavy (non-hydrogen) atoms. The van der Waals surface area contributed by atoms with Gasteiger partial charge in [-0.1, -0.05) is 6.42 Å². The molecule has 0 aliphatic rings. The molecule has 0 spiro atoms. The SMILES string of the molecule is CSCCCCCNS(=O)(=O)c1cc(CN)n(C(C)C)c1. The second-order valence-electron chi connectivity index (χ2n) is 5.32. The van der Waals surface area contributed by atoms with Gasteiger partial charge < -0.3 is 10.3 Å². The first-order valence-corrected chi connectivity index (χ1v) is 10.2. The Hall–Kier alpha value is -0.500. The highest BCUT2D eigenvalue weighted by atomic mass is 32.2. The predicted molar refractivity (Wildman–Crippen MR) is 90.1 cm³/mol. The molecule has 122 valence electrons. The molecule has 0 unspecified atom stereocenters. The van der Waals surface area contributed by atoms with Gasteiger partial charge in [-0.3, -0.25) is 0 Å². The Labute approximate surface area is 132 Å². The summed E-state index contributed by atoms with van der Waals surface area (Å²) in [5.74, 6) is 1.13. The first-order valence-electron chi connectivity index (χ1n) is 7.31. The van der Waals surface area contributed by atoms with Crippen molar-refractivity contribution < 1.29 is 8.42 Å². The second kappa shape index (κ2) is 8.82. The van der Waals surface area contributed by atoms with Gasteiger partial charge in [-0.2, -0.15) is 11.8 Å². The molecule has 0 saturated carbocycles. The maximum absolute atomic E-state index is 12.3. The van der Waals surface area contributed by atoms with Crippen LogP contribution in [0, 0.1) is 0 Å². The summed E-state index contributed by atoms with van der Waals surface area (Å²) in [4.78, 5) is 0.306. The third-order valence-electron chi connectivity index (χ3n) is 3.30. The van der Waals surface area contributed by atoms with Crippen LogP contribution in [0.25, 0.3) is 0 Å². The minimum absolute atomic E-state index is 0.194. The molecule has 1 heterocycles. The summed E-state index contributed by atoms with van der Waals surface area (Å²) in [6.07, 6.45) is 6.79. The number of hydrogen-bond donors (Lipinski definition) is 2. The van der Waals surface area contributed by atoms with Gasteiger partial charge in [-0.25, -0.2) is 13.1 Å². The lowest BCUT2D eigenvalue weighted by Gasteiger charge is -2.10. The zero-order chi connectivity index (χ0) is 15.9. The van der Waals surface area contributed by atoms with E-state index >= 15 is 0 Å². The van der Waals surface area contributed by atoms with Crippen LogP contribution < -0.4 is 10.5 Å². The molecule has 3 N–H and O–H groups in total. The van der Waals surface area contributed by atoms with Crippen LogP contribution in [0.5, 0.6) is 0 Å². The number of nitrogens with two attached hydrogens (primary N) is 1. The first-order chi connectivity index (χ1) is 9.92. The number of sulfonamides is 1. The average Bonchev–Trinajstić information content (AvgIpc) is 2.88. The lowest BCUT2D eigenvalue weighted by Crippen LogP contribution is -2.24. The van der Waals surface area contributed by atoms with E-state index in [1.807, 2.05) is 30.2 Å². The predicted octanol–water partition coefficient (Wildman–Crippen LogP) is 2.34. The van der Waals surface area contributed by atoms with Crippen LogP contribution in [-0.2, 0) is 16.6 Å². The van der Waals surface area contributed by atoms with E-state index in [9.17, 15) is 8.42 Å². The Balaban J connectivity index is 2.62. The van der Waals surface area contributed by atoms with Crippen molar-refractivity contribution in [2.75, 3.05) is 18.6 Å². The molecule has 0 fully saturated rings. The van der Waals surface area contributed by atoms with Crippen molar-refractivity contribution in [1.29, 1.82) is 0 Å². The van der Waals surface area contributed by atoms with Crippen LogP contribution in [0.15, 0.2) is 17.2 Å². The largest absolute Gasteiger partial charge is 0.346 e. The average molecular weight is 334 g/mol. The van der Waals surface area contributed by atoms with Crippen molar-refractivity contribution in [3.63, 3.8) is 0 Å². The van der Waals surface area contributed by atoms with Crippen molar-refractivity contribution >= 4 is 21.8 Å². The molecule has 0 bridgehead atoms. The molecule has 1 rings (SSSR count). The van der Waals surface area contributed by atoms with Gasteiger partial charge in [-0.05, 0) is 44.8 Å². The molecule has 0 aromatic carbocycles. The van der Waals surface area contributed by atoms with Crippen LogP contribution >= 0.6 is 11.8 Å². The fourth-order valence-electron chi connectivity index (χ4n) is 2.13. The highest BCUT2D eigenvalue weighted by Gasteiger charge is 2.18. The molecule has 1 aromatic heterocycles. The minimum Gasteiger partial charge on any atom is -0.346 e. The molecule has 0 radical (unpaired) electrons. The van der Waals surface area contributed by atoms with Gasteiger partial charge in [0, 0.05) is 31.0 Å². The molecule has 0 aliphatic heterocycles. The summed E-state index contributed by atoms with van der Waals surface area (Å²) in [6.45, 7) is 4.84. The third kappa shape index (κ3) is 5.65. The first kappa shape index (κ1) is 18.5.